The van der Waals surface area contributed by atoms with Crippen molar-refractivity contribution in [3.8, 4) is 17.4 Å². The number of carbonyl (C=O) groups excluding carboxylic acids is 1. The Balaban J connectivity index is 0.00000523. The molecular formula is C42H44Cl2N4O4. The summed E-state index contributed by atoms with van der Waals surface area (Å²) in [6, 6.07) is 28.0. The largest absolute Gasteiger partial charge is 0.487 e. The van der Waals surface area contributed by atoms with E-state index in [1.807, 2.05) is 79.4 Å². The number of amides is 1. The third-order valence-electron chi connectivity index (χ3n) is 8.80. The van der Waals surface area contributed by atoms with Gasteiger partial charge in [-0.2, -0.15) is 0 Å². The van der Waals surface area contributed by atoms with Gasteiger partial charge < -0.3 is 19.1 Å². The molecule has 2 aromatic heterocycles. The van der Waals surface area contributed by atoms with Crippen molar-refractivity contribution in [3.63, 3.8) is 0 Å². The number of hydrogen-bond acceptors (Lipinski definition) is 7. The van der Waals surface area contributed by atoms with Crippen LogP contribution < -0.4 is 9.47 Å². The van der Waals surface area contributed by atoms with Crippen LogP contribution in [0.25, 0.3) is 6.08 Å². The zero-order chi connectivity index (χ0) is 35.4. The highest BCUT2D eigenvalue weighted by atomic mass is 35.5. The molecule has 0 aliphatic carbocycles. The lowest BCUT2D eigenvalue weighted by Gasteiger charge is -2.34. The Bertz CT molecular complexity index is 1870. The molecule has 270 valence electrons. The van der Waals surface area contributed by atoms with Crippen LogP contribution in [-0.4, -0.2) is 58.5 Å². The van der Waals surface area contributed by atoms with Gasteiger partial charge in [0.1, 0.15) is 18.1 Å². The normalized spacial score (nSPS) is 13.2. The molecule has 3 heterocycles. The van der Waals surface area contributed by atoms with Gasteiger partial charge >= 0.3 is 0 Å². The van der Waals surface area contributed by atoms with E-state index in [2.05, 4.69) is 39.1 Å². The standard InChI is InChI=1S/C42H43ClN4O4.ClH/c1-31-25-37(26-32(2)42(31)51-40-13-12-39(27-45-40)50-30-36-15-18-44-19-16-36)9-14-41(48)47-22-20-46(21-23-47)28-34-5-3-33(4-6-34)17-24-49-29-35-7-10-38(43)11-8-35;/h3-16,18-19,25-27H,17,20-24,28-30H2,1-2H3;1H/b14-9+;. The maximum absolute atomic E-state index is 13.1. The number of piperazine rings is 1. The molecule has 0 radical (unpaired) electrons. The molecular weight excluding hydrogens is 695 g/mol. The summed E-state index contributed by atoms with van der Waals surface area (Å²) in [5, 5.41) is 0.736. The first-order valence-corrected chi connectivity index (χ1v) is 17.6. The number of aromatic nitrogens is 2. The van der Waals surface area contributed by atoms with E-state index < -0.39 is 0 Å². The fourth-order valence-electron chi connectivity index (χ4n) is 5.93. The molecule has 3 aromatic carbocycles. The highest BCUT2D eigenvalue weighted by molar-refractivity contribution is 6.30. The summed E-state index contributed by atoms with van der Waals surface area (Å²) >= 11 is 5.95. The van der Waals surface area contributed by atoms with E-state index in [4.69, 9.17) is 25.8 Å². The van der Waals surface area contributed by atoms with Gasteiger partial charge in [-0.3, -0.25) is 14.7 Å². The number of carbonyl (C=O) groups is 1. The second-order valence-corrected chi connectivity index (χ2v) is 13.2. The SMILES string of the molecule is Cc1cc(/C=C/C(=O)N2CCN(Cc3ccc(CCOCc4ccc(Cl)cc4)cc3)CC2)cc(C)c1Oc1ccc(OCc2ccncc2)cn1.Cl. The summed E-state index contributed by atoms with van der Waals surface area (Å²) in [5.41, 5.74) is 7.57. The van der Waals surface area contributed by atoms with E-state index in [0.717, 1.165) is 64.6 Å². The van der Waals surface area contributed by atoms with Gasteiger partial charge in [0.05, 0.1) is 19.4 Å². The van der Waals surface area contributed by atoms with E-state index in [9.17, 15) is 4.79 Å². The lowest BCUT2D eigenvalue weighted by molar-refractivity contribution is -0.127. The van der Waals surface area contributed by atoms with Gasteiger partial charge in [-0.15, -0.1) is 12.4 Å². The van der Waals surface area contributed by atoms with Crippen LogP contribution in [0.1, 0.15) is 38.9 Å². The van der Waals surface area contributed by atoms with Crippen molar-refractivity contribution in [2.45, 2.75) is 40.0 Å². The molecule has 0 bridgehead atoms. The van der Waals surface area contributed by atoms with Crippen molar-refractivity contribution >= 4 is 36.0 Å². The summed E-state index contributed by atoms with van der Waals surface area (Å²) in [7, 11) is 0. The smallest absolute Gasteiger partial charge is 0.246 e. The second-order valence-electron chi connectivity index (χ2n) is 12.7. The first-order chi connectivity index (χ1) is 24.9. The van der Waals surface area contributed by atoms with Gasteiger partial charge in [0.2, 0.25) is 11.8 Å². The zero-order valence-electron chi connectivity index (χ0n) is 29.5. The minimum atomic E-state index is 0. The molecule has 0 atom stereocenters. The third kappa shape index (κ3) is 11.4. The third-order valence-corrected chi connectivity index (χ3v) is 9.05. The van der Waals surface area contributed by atoms with Crippen molar-refractivity contribution in [1.82, 2.24) is 19.8 Å². The predicted molar refractivity (Wildman–Crippen MR) is 208 cm³/mol. The maximum atomic E-state index is 13.1. The molecule has 1 aliphatic rings. The topological polar surface area (TPSA) is 77.0 Å². The summed E-state index contributed by atoms with van der Waals surface area (Å²) in [6.45, 7) is 9.67. The number of pyridine rings is 2. The molecule has 0 N–H and O–H groups in total. The summed E-state index contributed by atoms with van der Waals surface area (Å²) < 4.78 is 17.8. The molecule has 1 fully saturated rings. The number of hydrogen-bond donors (Lipinski definition) is 0. The number of halogens is 2. The minimum absolute atomic E-state index is 0. The van der Waals surface area contributed by atoms with E-state index in [-0.39, 0.29) is 18.3 Å². The van der Waals surface area contributed by atoms with Crippen molar-refractivity contribution in [1.29, 1.82) is 0 Å². The van der Waals surface area contributed by atoms with Gasteiger partial charge in [0, 0.05) is 62.3 Å². The second kappa shape index (κ2) is 19.2. The average molecular weight is 740 g/mol. The quantitative estimate of drug-likeness (QED) is 0.0834. The molecule has 0 unspecified atom stereocenters. The number of nitrogens with zero attached hydrogens (tertiary/aromatic N) is 4. The van der Waals surface area contributed by atoms with Gasteiger partial charge in [-0.05, 0) is 108 Å². The van der Waals surface area contributed by atoms with E-state index in [1.165, 1.54) is 11.1 Å². The molecule has 1 saturated heterocycles. The van der Waals surface area contributed by atoms with Crippen LogP contribution in [0.5, 0.6) is 17.4 Å². The maximum Gasteiger partial charge on any atom is 0.246 e. The predicted octanol–water partition coefficient (Wildman–Crippen LogP) is 8.66. The summed E-state index contributed by atoms with van der Waals surface area (Å²) in [5.74, 6) is 1.93. The van der Waals surface area contributed by atoms with E-state index in [1.54, 1.807) is 30.7 Å². The lowest BCUT2D eigenvalue weighted by Crippen LogP contribution is -2.47. The molecule has 5 aromatic rings. The van der Waals surface area contributed by atoms with Crippen LogP contribution in [-0.2, 0) is 35.7 Å². The Morgan fingerprint density at radius 3 is 2.13 bits per heavy atom. The fraction of sp³-hybridized carbons (Fsp3) is 0.262. The molecule has 0 saturated carbocycles. The monoisotopic (exact) mass is 738 g/mol. The molecule has 8 nitrogen and oxygen atoms in total. The molecule has 52 heavy (non-hydrogen) atoms. The van der Waals surface area contributed by atoms with Crippen molar-refractivity contribution < 1.29 is 19.0 Å². The van der Waals surface area contributed by atoms with Crippen LogP contribution in [0.3, 0.4) is 0 Å². The molecule has 6 rings (SSSR count). The van der Waals surface area contributed by atoms with E-state index >= 15 is 0 Å². The highest BCUT2D eigenvalue weighted by Crippen LogP contribution is 2.30. The Morgan fingerprint density at radius 1 is 0.808 bits per heavy atom. The van der Waals surface area contributed by atoms with Gasteiger partial charge in [-0.1, -0.05) is 48.0 Å². The molecule has 1 aliphatic heterocycles. The summed E-state index contributed by atoms with van der Waals surface area (Å²) in [6.07, 6.45) is 9.57. The van der Waals surface area contributed by atoms with Gasteiger partial charge in [-0.25, -0.2) is 4.98 Å². The summed E-state index contributed by atoms with van der Waals surface area (Å²) in [4.78, 5) is 25.8. The Morgan fingerprint density at radius 2 is 1.46 bits per heavy atom. The fourth-order valence-corrected chi connectivity index (χ4v) is 6.06. The first kappa shape index (κ1) is 38.5. The number of aryl methyl sites for hydroxylation is 2. The molecule has 1 amide bonds. The highest BCUT2D eigenvalue weighted by Gasteiger charge is 2.20. The average Bonchev–Trinajstić information content (AvgIpc) is 3.15. The van der Waals surface area contributed by atoms with Gasteiger partial charge in [0.15, 0.2) is 0 Å². The van der Waals surface area contributed by atoms with Crippen LogP contribution >= 0.6 is 24.0 Å². The van der Waals surface area contributed by atoms with Crippen molar-refractivity contribution in [2.75, 3.05) is 32.8 Å². The first-order valence-electron chi connectivity index (χ1n) is 17.2. The number of rotatable bonds is 14. The Hall–Kier alpha value is -4.73. The van der Waals surface area contributed by atoms with Crippen LogP contribution in [0.2, 0.25) is 5.02 Å². The van der Waals surface area contributed by atoms with Crippen LogP contribution in [0, 0.1) is 13.8 Å². The van der Waals surface area contributed by atoms with Crippen LogP contribution in [0.4, 0.5) is 0 Å². The van der Waals surface area contributed by atoms with Crippen molar-refractivity contribution in [2.24, 2.45) is 0 Å². The minimum Gasteiger partial charge on any atom is -0.487 e. The number of ether oxygens (including phenoxy) is 3. The lowest BCUT2D eigenvalue weighted by atomic mass is 10.1. The van der Waals surface area contributed by atoms with Crippen LogP contribution in [0.15, 0.2) is 110 Å². The van der Waals surface area contributed by atoms with E-state index in [0.29, 0.717) is 44.5 Å². The van der Waals surface area contributed by atoms with Gasteiger partial charge in [0.25, 0.3) is 0 Å². The number of benzene rings is 3. The molecule has 0 spiro atoms. The molecule has 10 heteroatoms. The van der Waals surface area contributed by atoms with Crippen molar-refractivity contribution in [3.05, 3.63) is 154 Å². The zero-order valence-corrected chi connectivity index (χ0v) is 31.1. The Labute approximate surface area is 317 Å². The Kier molecular flexibility index (Phi) is 14.2.